The van der Waals surface area contributed by atoms with E-state index in [1.54, 1.807) is 0 Å². The van der Waals surface area contributed by atoms with Gasteiger partial charge < -0.3 is 10.2 Å². The van der Waals surface area contributed by atoms with E-state index in [0.29, 0.717) is 11.5 Å². The van der Waals surface area contributed by atoms with Crippen molar-refractivity contribution in [2.24, 2.45) is 5.41 Å². The van der Waals surface area contributed by atoms with E-state index in [4.69, 9.17) is 0 Å². The Labute approximate surface area is 155 Å². The molecule has 1 fully saturated rings. The third kappa shape index (κ3) is 7.47. The van der Waals surface area contributed by atoms with Crippen LogP contribution < -0.4 is 5.32 Å². The lowest BCUT2D eigenvalue weighted by Gasteiger charge is -2.37. The standard InChI is InChI=1S/C22H39N3/c1-18(23-22(5,6)7)20-10-8-19(9-11-20)16-24-12-14-25(15-13-24)17-21(2,3)4/h8-11,18,23H,12-17H2,1-7H3. The second kappa shape index (κ2) is 8.20. The molecule has 0 bridgehead atoms. The Kier molecular flexibility index (Phi) is 6.69. The van der Waals surface area contributed by atoms with Gasteiger partial charge in [0.15, 0.2) is 0 Å². The zero-order chi connectivity index (χ0) is 18.7. The number of hydrogen-bond acceptors (Lipinski definition) is 3. The van der Waals surface area contributed by atoms with Crippen LogP contribution in [0.2, 0.25) is 0 Å². The molecule has 1 aromatic carbocycles. The van der Waals surface area contributed by atoms with Crippen LogP contribution in [0.1, 0.15) is 65.6 Å². The summed E-state index contributed by atoms with van der Waals surface area (Å²) in [7, 11) is 0. The average Bonchev–Trinajstić information content (AvgIpc) is 2.47. The maximum Gasteiger partial charge on any atom is 0.0296 e. The first-order chi connectivity index (χ1) is 11.5. The largest absolute Gasteiger partial charge is 0.306 e. The molecule has 2 rings (SSSR count). The molecule has 25 heavy (non-hydrogen) atoms. The third-order valence-corrected chi connectivity index (χ3v) is 4.70. The summed E-state index contributed by atoms with van der Waals surface area (Å²) in [6, 6.07) is 9.56. The molecule has 1 aliphatic heterocycles. The minimum atomic E-state index is 0.144. The van der Waals surface area contributed by atoms with E-state index in [9.17, 15) is 0 Å². The topological polar surface area (TPSA) is 18.5 Å². The predicted molar refractivity (Wildman–Crippen MR) is 109 cm³/mol. The lowest BCUT2D eigenvalue weighted by atomic mass is 9.96. The van der Waals surface area contributed by atoms with Crippen molar-refractivity contribution in [1.29, 1.82) is 0 Å². The first-order valence-corrected chi connectivity index (χ1v) is 9.83. The summed E-state index contributed by atoms with van der Waals surface area (Å²) in [6.45, 7) is 22.9. The minimum Gasteiger partial charge on any atom is -0.306 e. The highest BCUT2D eigenvalue weighted by Crippen LogP contribution is 2.19. The summed E-state index contributed by atoms with van der Waals surface area (Å²) < 4.78 is 0. The molecule has 0 spiro atoms. The molecule has 0 aliphatic carbocycles. The van der Waals surface area contributed by atoms with E-state index in [-0.39, 0.29) is 5.54 Å². The summed E-state index contributed by atoms with van der Waals surface area (Å²) >= 11 is 0. The fourth-order valence-electron chi connectivity index (χ4n) is 3.68. The lowest BCUT2D eigenvalue weighted by Crippen LogP contribution is -2.48. The summed E-state index contributed by atoms with van der Waals surface area (Å²) in [6.07, 6.45) is 0. The van der Waals surface area contributed by atoms with Crippen molar-refractivity contribution < 1.29 is 0 Å². The third-order valence-electron chi connectivity index (χ3n) is 4.70. The van der Waals surface area contributed by atoms with Gasteiger partial charge in [-0.15, -0.1) is 0 Å². The monoisotopic (exact) mass is 345 g/mol. The Morgan fingerprint density at radius 3 is 1.88 bits per heavy atom. The highest BCUT2D eigenvalue weighted by atomic mass is 15.3. The molecule has 1 atom stereocenters. The van der Waals surface area contributed by atoms with Gasteiger partial charge in [-0.25, -0.2) is 0 Å². The zero-order valence-corrected chi connectivity index (χ0v) is 17.5. The normalized spacial score (nSPS) is 19.2. The summed E-state index contributed by atoms with van der Waals surface area (Å²) in [4.78, 5) is 5.20. The van der Waals surface area contributed by atoms with Gasteiger partial charge in [0.05, 0.1) is 0 Å². The Morgan fingerprint density at radius 1 is 0.880 bits per heavy atom. The van der Waals surface area contributed by atoms with Crippen molar-refractivity contribution in [3.63, 3.8) is 0 Å². The molecule has 1 aliphatic rings. The van der Waals surface area contributed by atoms with Gasteiger partial charge in [0.25, 0.3) is 0 Å². The minimum absolute atomic E-state index is 0.144. The highest BCUT2D eigenvalue weighted by Gasteiger charge is 2.21. The molecule has 3 heteroatoms. The molecule has 1 heterocycles. The Hall–Kier alpha value is -0.900. The quantitative estimate of drug-likeness (QED) is 0.858. The van der Waals surface area contributed by atoms with Gasteiger partial charge in [0.1, 0.15) is 0 Å². The predicted octanol–water partition coefficient (Wildman–Crippen LogP) is 4.30. The van der Waals surface area contributed by atoms with Gasteiger partial charge >= 0.3 is 0 Å². The first kappa shape index (κ1) is 20.4. The van der Waals surface area contributed by atoms with Crippen molar-refractivity contribution >= 4 is 0 Å². The van der Waals surface area contributed by atoms with Crippen molar-refractivity contribution in [3.8, 4) is 0 Å². The number of benzene rings is 1. The van der Waals surface area contributed by atoms with Gasteiger partial charge in [-0.05, 0) is 44.2 Å². The van der Waals surface area contributed by atoms with Gasteiger partial charge in [0.2, 0.25) is 0 Å². The van der Waals surface area contributed by atoms with E-state index < -0.39 is 0 Å². The average molecular weight is 346 g/mol. The summed E-state index contributed by atoms with van der Waals surface area (Å²) in [5, 5.41) is 3.64. The number of hydrogen-bond donors (Lipinski definition) is 1. The number of nitrogens with zero attached hydrogens (tertiary/aromatic N) is 2. The summed E-state index contributed by atoms with van der Waals surface area (Å²) in [5.41, 5.74) is 3.34. The Balaban J connectivity index is 1.82. The Morgan fingerprint density at radius 2 is 1.40 bits per heavy atom. The van der Waals surface area contributed by atoms with Gasteiger partial charge in [-0.1, -0.05) is 45.0 Å². The van der Waals surface area contributed by atoms with Gasteiger partial charge in [-0.3, -0.25) is 4.90 Å². The molecular weight excluding hydrogens is 306 g/mol. The molecule has 3 nitrogen and oxygen atoms in total. The van der Waals surface area contributed by atoms with E-state index in [1.807, 2.05) is 0 Å². The van der Waals surface area contributed by atoms with E-state index in [0.717, 1.165) is 6.54 Å². The van der Waals surface area contributed by atoms with Crippen LogP contribution in [0.15, 0.2) is 24.3 Å². The molecule has 1 aromatic rings. The Bertz CT molecular complexity index is 514. The number of piperazine rings is 1. The SMILES string of the molecule is CC(NC(C)(C)C)c1ccc(CN2CCN(CC(C)(C)C)CC2)cc1. The number of rotatable bonds is 5. The summed E-state index contributed by atoms with van der Waals surface area (Å²) in [5.74, 6) is 0. The van der Waals surface area contributed by atoms with Crippen molar-refractivity contribution in [3.05, 3.63) is 35.4 Å². The van der Waals surface area contributed by atoms with Crippen LogP contribution in [0.5, 0.6) is 0 Å². The molecule has 1 N–H and O–H groups in total. The molecule has 0 aromatic heterocycles. The highest BCUT2D eigenvalue weighted by molar-refractivity contribution is 5.25. The first-order valence-electron chi connectivity index (χ1n) is 9.83. The van der Waals surface area contributed by atoms with Crippen LogP contribution in [0.3, 0.4) is 0 Å². The van der Waals surface area contributed by atoms with Crippen LogP contribution in [0, 0.1) is 5.41 Å². The van der Waals surface area contributed by atoms with E-state index in [1.165, 1.54) is 43.9 Å². The smallest absolute Gasteiger partial charge is 0.0296 e. The van der Waals surface area contributed by atoms with Gasteiger partial charge in [0, 0.05) is 50.8 Å². The molecule has 1 saturated heterocycles. The fraction of sp³-hybridized carbons (Fsp3) is 0.727. The second-order valence-electron chi connectivity index (χ2n) is 9.97. The second-order valence-corrected chi connectivity index (χ2v) is 9.97. The number of nitrogens with one attached hydrogen (secondary N) is 1. The van der Waals surface area contributed by atoms with Gasteiger partial charge in [-0.2, -0.15) is 0 Å². The van der Waals surface area contributed by atoms with Crippen LogP contribution >= 0.6 is 0 Å². The molecular formula is C22H39N3. The zero-order valence-electron chi connectivity index (χ0n) is 17.5. The van der Waals surface area contributed by atoms with Crippen molar-refractivity contribution in [2.45, 2.75) is 66.6 Å². The maximum absolute atomic E-state index is 3.64. The molecule has 0 saturated carbocycles. The van der Waals surface area contributed by atoms with Crippen molar-refractivity contribution in [1.82, 2.24) is 15.1 Å². The molecule has 0 amide bonds. The van der Waals surface area contributed by atoms with Crippen molar-refractivity contribution in [2.75, 3.05) is 32.7 Å². The molecule has 0 radical (unpaired) electrons. The van der Waals surface area contributed by atoms with E-state index >= 15 is 0 Å². The molecule has 1 unspecified atom stereocenters. The van der Waals surface area contributed by atoms with Crippen LogP contribution in [-0.4, -0.2) is 48.1 Å². The van der Waals surface area contributed by atoms with Crippen LogP contribution in [0.4, 0.5) is 0 Å². The van der Waals surface area contributed by atoms with E-state index in [2.05, 4.69) is 87.8 Å². The molecule has 142 valence electrons. The lowest BCUT2D eigenvalue weighted by molar-refractivity contribution is 0.0983. The maximum atomic E-state index is 3.64. The van der Waals surface area contributed by atoms with Crippen LogP contribution in [-0.2, 0) is 6.54 Å². The fourth-order valence-corrected chi connectivity index (χ4v) is 3.68. The van der Waals surface area contributed by atoms with Crippen LogP contribution in [0.25, 0.3) is 0 Å².